The number of hydrogen-bond acceptors (Lipinski definition) is 1. The summed E-state index contributed by atoms with van der Waals surface area (Å²) in [7, 11) is 0. The Balaban J connectivity index is 0. The molecule has 0 saturated carbocycles. The van der Waals surface area contributed by atoms with Crippen molar-refractivity contribution in [2.45, 2.75) is 0 Å². The zero-order valence-electron chi connectivity index (χ0n) is 7.34. The van der Waals surface area contributed by atoms with Gasteiger partial charge in [0.1, 0.15) is 10.0 Å². The second kappa shape index (κ2) is 7.73. The van der Waals surface area contributed by atoms with Crippen LogP contribution < -0.4 is 0 Å². The van der Waals surface area contributed by atoms with Crippen LogP contribution in [0.25, 0.3) is 0 Å². The zero-order chi connectivity index (χ0) is 9.46. The molecule has 0 amide bonds. The largest absolute Gasteiger partial charge is 0.505 e. The van der Waals surface area contributed by atoms with Crippen molar-refractivity contribution in [1.29, 1.82) is 0 Å². The summed E-state index contributed by atoms with van der Waals surface area (Å²) in [5.41, 5.74) is 0. The summed E-state index contributed by atoms with van der Waals surface area (Å²) in [6, 6.07) is 0. The summed E-state index contributed by atoms with van der Waals surface area (Å²) in [6.45, 7) is 0. The first-order chi connectivity index (χ1) is 5.46. The molecule has 2 radical (unpaired) electrons. The Labute approximate surface area is 151 Å². The monoisotopic (exact) mass is 310 g/mol. The molecular weight excluding hydrogens is 311 g/mol. The molecule has 1 nitrogen and oxygen atoms in total. The van der Waals surface area contributed by atoms with Gasteiger partial charge in [0.05, 0.1) is 15.1 Å². The number of hydrogen-bond donors (Lipinski definition) is 1. The van der Waals surface area contributed by atoms with E-state index in [1.807, 2.05) is 0 Å². The molecule has 0 heterocycles. The Morgan fingerprint density at radius 1 is 0.571 bits per heavy atom. The van der Waals surface area contributed by atoms with E-state index in [1.54, 1.807) is 0 Å². The van der Waals surface area contributed by atoms with E-state index in [9.17, 15) is 5.11 Å². The molecule has 0 aromatic heterocycles. The Bertz CT molecular complexity index is 238. The molecule has 1 aromatic carbocycles. The fraction of sp³-hybridized carbons (Fsp3) is 0. The third-order valence-corrected chi connectivity index (χ3v) is 3.44. The average molecular weight is 312 g/mol. The molecule has 0 bridgehead atoms. The van der Waals surface area contributed by atoms with Gasteiger partial charge in [-0.25, -0.2) is 0 Å². The topological polar surface area (TPSA) is 20.2 Å². The predicted molar refractivity (Wildman–Crippen MR) is 64.7 cm³/mol. The van der Waals surface area contributed by atoms with E-state index >= 15 is 0 Å². The Morgan fingerprint density at radius 2 is 0.786 bits per heavy atom. The molecule has 68 valence electrons. The molecule has 0 aliphatic heterocycles. The second-order valence-electron chi connectivity index (χ2n) is 1.92. The molecule has 1 N–H and O–H groups in total. The van der Waals surface area contributed by atoms with Crippen LogP contribution in [0.1, 0.15) is 0 Å². The molecule has 0 aliphatic carbocycles. The summed E-state index contributed by atoms with van der Waals surface area (Å²) in [4.78, 5) is 0. The van der Waals surface area contributed by atoms with Crippen molar-refractivity contribution in [1.82, 2.24) is 0 Å². The maximum atomic E-state index is 9.20. The van der Waals surface area contributed by atoms with Gasteiger partial charge in [0.15, 0.2) is 5.75 Å². The third kappa shape index (κ3) is 3.75. The quantitative estimate of drug-likeness (QED) is 0.438. The van der Waals surface area contributed by atoms with Crippen LogP contribution >= 0.6 is 58.0 Å². The minimum absolute atomic E-state index is 0. The molecular formula is C6HCl5Na2O. The number of halogens is 5. The first kappa shape index (κ1) is 18.8. The number of aromatic hydroxyl groups is 1. The van der Waals surface area contributed by atoms with Crippen LogP contribution in [0.3, 0.4) is 0 Å². The minimum atomic E-state index is -0.363. The van der Waals surface area contributed by atoms with Gasteiger partial charge in [-0.1, -0.05) is 58.0 Å². The van der Waals surface area contributed by atoms with Gasteiger partial charge >= 0.3 is 0 Å². The average Bonchev–Trinajstić information content (AvgIpc) is 2.08. The fourth-order valence-electron chi connectivity index (χ4n) is 0.593. The van der Waals surface area contributed by atoms with Crippen LogP contribution in [0.5, 0.6) is 5.75 Å². The molecule has 1 aromatic rings. The number of phenolic OH excluding ortho intramolecular Hbond substituents is 1. The van der Waals surface area contributed by atoms with Crippen molar-refractivity contribution in [3.05, 3.63) is 25.1 Å². The van der Waals surface area contributed by atoms with Crippen molar-refractivity contribution in [2.75, 3.05) is 0 Å². The first-order valence-corrected chi connectivity index (χ1v) is 4.56. The van der Waals surface area contributed by atoms with Crippen molar-refractivity contribution < 1.29 is 5.11 Å². The standard InChI is InChI=1S/C6HCl5O.2Na/c7-1-2(8)4(10)6(12)5(11)3(1)9;;/h12H;;. The van der Waals surface area contributed by atoms with Gasteiger partial charge in [0, 0.05) is 59.1 Å². The molecule has 14 heavy (non-hydrogen) atoms. The normalized spacial score (nSPS) is 8.93. The molecule has 0 aliphatic rings. The molecule has 8 heteroatoms. The number of rotatable bonds is 0. The van der Waals surface area contributed by atoms with E-state index in [2.05, 4.69) is 0 Å². The van der Waals surface area contributed by atoms with E-state index in [0.29, 0.717) is 0 Å². The summed E-state index contributed by atoms with van der Waals surface area (Å²) in [6.07, 6.45) is 0. The van der Waals surface area contributed by atoms with Gasteiger partial charge in [-0.05, 0) is 0 Å². The molecule has 0 atom stereocenters. The third-order valence-electron chi connectivity index (χ3n) is 1.19. The van der Waals surface area contributed by atoms with Crippen LogP contribution in [-0.4, -0.2) is 64.2 Å². The SMILES string of the molecule is Oc1c(Cl)c(Cl)c(Cl)c(Cl)c1Cl.[Na].[Na]. The zero-order valence-corrected chi connectivity index (χ0v) is 15.1. The summed E-state index contributed by atoms with van der Waals surface area (Å²) in [5.74, 6) is -0.363. The maximum absolute atomic E-state index is 9.20. The second-order valence-corrected chi connectivity index (χ2v) is 3.81. The van der Waals surface area contributed by atoms with Crippen molar-refractivity contribution in [3.8, 4) is 5.75 Å². The molecule has 0 unspecified atom stereocenters. The first-order valence-electron chi connectivity index (χ1n) is 2.67. The fourth-order valence-corrected chi connectivity index (χ4v) is 1.72. The summed E-state index contributed by atoms with van der Waals surface area (Å²) in [5, 5.41) is 9.01. The van der Waals surface area contributed by atoms with Crippen LogP contribution in [0.15, 0.2) is 0 Å². The smallest absolute Gasteiger partial charge is 0.155 e. The van der Waals surface area contributed by atoms with Crippen LogP contribution in [0, 0.1) is 0 Å². The summed E-state index contributed by atoms with van der Waals surface area (Å²) < 4.78 is 0. The molecule has 0 fully saturated rings. The Hall–Kier alpha value is 2.47. The van der Waals surface area contributed by atoms with Crippen molar-refractivity contribution in [2.24, 2.45) is 0 Å². The molecule has 0 saturated heterocycles. The maximum Gasteiger partial charge on any atom is 0.155 e. The Kier molecular flexibility index (Phi) is 10.4. The number of benzene rings is 1. The van der Waals surface area contributed by atoms with Crippen LogP contribution in [-0.2, 0) is 0 Å². The van der Waals surface area contributed by atoms with E-state index < -0.39 is 0 Å². The molecule has 1 rings (SSSR count). The Morgan fingerprint density at radius 3 is 1.07 bits per heavy atom. The van der Waals surface area contributed by atoms with Gasteiger partial charge in [-0.2, -0.15) is 0 Å². The van der Waals surface area contributed by atoms with Gasteiger partial charge in [0.2, 0.25) is 0 Å². The molecule has 0 spiro atoms. The van der Waals surface area contributed by atoms with E-state index in [-0.39, 0.29) is 90.0 Å². The van der Waals surface area contributed by atoms with Crippen molar-refractivity contribution >= 4 is 117 Å². The number of phenols is 1. The van der Waals surface area contributed by atoms with Gasteiger partial charge in [-0.3, -0.25) is 0 Å². The van der Waals surface area contributed by atoms with Gasteiger partial charge < -0.3 is 5.11 Å². The van der Waals surface area contributed by atoms with E-state index in [1.165, 1.54) is 0 Å². The minimum Gasteiger partial charge on any atom is -0.505 e. The van der Waals surface area contributed by atoms with E-state index in [0.717, 1.165) is 0 Å². The van der Waals surface area contributed by atoms with E-state index in [4.69, 9.17) is 58.0 Å². The van der Waals surface area contributed by atoms with Gasteiger partial charge in [0.25, 0.3) is 0 Å². The predicted octanol–water partition coefficient (Wildman–Crippen LogP) is 3.90. The van der Waals surface area contributed by atoms with Crippen LogP contribution in [0.4, 0.5) is 0 Å². The van der Waals surface area contributed by atoms with Crippen molar-refractivity contribution in [3.63, 3.8) is 0 Å². The van der Waals surface area contributed by atoms with Crippen LogP contribution in [0.2, 0.25) is 25.1 Å². The summed E-state index contributed by atoms with van der Waals surface area (Å²) >= 11 is 27.9. The van der Waals surface area contributed by atoms with Gasteiger partial charge in [-0.15, -0.1) is 0 Å².